The number of nitrogens with zero attached hydrogens (tertiary/aromatic N) is 2. The fourth-order valence-corrected chi connectivity index (χ4v) is 2.58. The molecule has 0 saturated carbocycles. The van der Waals surface area contributed by atoms with Gasteiger partial charge in [0.2, 0.25) is 0 Å². The van der Waals surface area contributed by atoms with Crippen LogP contribution in [-0.4, -0.2) is 15.9 Å². The van der Waals surface area contributed by atoms with Crippen molar-refractivity contribution in [2.75, 3.05) is 6.54 Å². The number of thiazole rings is 1. The summed E-state index contributed by atoms with van der Waals surface area (Å²) in [6.07, 6.45) is 3.29. The van der Waals surface area contributed by atoms with Gasteiger partial charge in [0, 0.05) is 24.7 Å². The Kier molecular flexibility index (Phi) is 3.54. The third kappa shape index (κ3) is 2.69. The molecule has 0 atom stereocenters. The minimum Gasteiger partial charge on any atom is -0.311 e. The molecule has 2 aromatic heterocycles. The van der Waals surface area contributed by atoms with Crippen molar-refractivity contribution in [1.82, 2.24) is 14.7 Å². The molecule has 0 saturated heterocycles. The molecule has 2 heterocycles. The molecule has 0 aromatic carbocycles. The van der Waals surface area contributed by atoms with Gasteiger partial charge in [-0.05, 0) is 18.8 Å². The smallest absolute Gasteiger partial charge is 0.194 e. The normalized spacial score (nSPS) is 12.5. The highest BCUT2D eigenvalue weighted by Gasteiger charge is 2.15. The summed E-state index contributed by atoms with van der Waals surface area (Å²) in [5.74, 6) is 0. The number of fused-ring (bicyclic) bond motifs is 1. The number of hydrogen-bond acceptors (Lipinski definition) is 3. The molecule has 0 spiro atoms. The van der Waals surface area contributed by atoms with Crippen LogP contribution < -0.4 is 5.32 Å². The highest BCUT2D eigenvalue weighted by molar-refractivity contribution is 7.15. The van der Waals surface area contributed by atoms with Crippen molar-refractivity contribution < 1.29 is 0 Å². The summed E-state index contributed by atoms with van der Waals surface area (Å²) in [5, 5.41) is 5.63. The molecule has 0 aliphatic rings. The Morgan fingerprint density at radius 2 is 2.24 bits per heavy atom. The largest absolute Gasteiger partial charge is 0.311 e. The van der Waals surface area contributed by atoms with Crippen LogP contribution in [0.25, 0.3) is 4.96 Å². The van der Waals surface area contributed by atoms with Gasteiger partial charge < -0.3 is 5.32 Å². The lowest BCUT2D eigenvalue weighted by molar-refractivity contribution is 0.326. The van der Waals surface area contributed by atoms with Crippen LogP contribution in [0.15, 0.2) is 11.6 Å². The Hall–Kier alpha value is -0.870. The summed E-state index contributed by atoms with van der Waals surface area (Å²) >= 11 is 1.69. The SMILES string of the molecule is CCC(C)(C)CNCc1c(C)nc2sccn12. The van der Waals surface area contributed by atoms with Gasteiger partial charge in [0.05, 0.1) is 11.4 Å². The first-order chi connectivity index (χ1) is 8.03. The molecule has 94 valence electrons. The van der Waals surface area contributed by atoms with Crippen LogP contribution in [0.4, 0.5) is 0 Å². The van der Waals surface area contributed by atoms with E-state index in [0.717, 1.165) is 23.7 Å². The van der Waals surface area contributed by atoms with Crippen molar-refractivity contribution in [3.05, 3.63) is 23.0 Å². The molecule has 0 fully saturated rings. The van der Waals surface area contributed by atoms with Gasteiger partial charge in [0.15, 0.2) is 4.96 Å². The van der Waals surface area contributed by atoms with Gasteiger partial charge in [0.25, 0.3) is 0 Å². The lowest BCUT2D eigenvalue weighted by Crippen LogP contribution is -2.28. The van der Waals surface area contributed by atoms with Crippen LogP contribution in [0.2, 0.25) is 0 Å². The standard InChI is InChI=1S/C13H21N3S/c1-5-13(3,4)9-14-8-11-10(2)15-12-16(11)6-7-17-12/h6-7,14H,5,8-9H2,1-4H3. The minimum atomic E-state index is 0.367. The molecule has 4 heteroatoms. The molecule has 1 N–H and O–H groups in total. The molecule has 0 aliphatic carbocycles. The Labute approximate surface area is 107 Å². The van der Waals surface area contributed by atoms with Gasteiger partial charge >= 0.3 is 0 Å². The number of imidazole rings is 1. The Balaban J connectivity index is 2.04. The molecule has 0 amide bonds. The van der Waals surface area contributed by atoms with Crippen molar-refractivity contribution in [2.45, 2.75) is 40.7 Å². The summed E-state index contributed by atoms with van der Waals surface area (Å²) < 4.78 is 2.19. The van der Waals surface area contributed by atoms with Crippen LogP contribution >= 0.6 is 11.3 Å². The Bertz CT molecular complexity index is 496. The van der Waals surface area contributed by atoms with Gasteiger partial charge in [-0.3, -0.25) is 4.40 Å². The molecule has 0 radical (unpaired) electrons. The van der Waals surface area contributed by atoms with Crippen molar-refractivity contribution in [3.8, 4) is 0 Å². The molecule has 0 unspecified atom stereocenters. The van der Waals surface area contributed by atoms with E-state index in [4.69, 9.17) is 0 Å². The van der Waals surface area contributed by atoms with E-state index in [1.54, 1.807) is 11.3 Å². The Morgan fingerprint density at radius 3 is 2.94 bits per heavy atom. The van der Waals surface area contributed by atoms with E-state index in [0.29, 0.717) is 5.41 Å². The maximum absolute atomic E-state index is 4.55. The number of hydrogen-bond donors (Lipinski definition) is 1. The topological polar surface area (TPSA) is 29.3 Å². The van der Waals surface area contributed by atoms with Crippen LogP contribution in [0.5, 0.6) is 0 Å². The third-order valence-electron chi connectivity index (χ3n) is 3.41. The second kappa shape index (κ2) is 4.78. The van der Waals surface area contributed by atoms with Crippen LogP contribution in [0.1, 0.15) is 38.6 Å². The van der Waals surface area contributed by atoms with Crippen molar-refractivity contribution >= 4 is 16.3 Å². The van der Waals surface area contributed by atoms with E-state index < -0.39 is 0 Å². The molecule has 2 aromatic rings. The second-order valence-corrected chi connectivity index (χ2v) is 6.19. The van der Waals surface area contributed by atoms with E-state index in [1.807, 2.05) is 0 Å². The number of aryl methyl sites for hydroxylation is 1. The van der Waals surface area contributed by atoms with E-state index in [9.17, 15) is 0 Å². The lowest BCUT2D eigenvalue weighted by Gasteiger charge is -2.22. The average molecular weight is 251 g/mol. The van der Waals surface area contributed by atoms with E-state index in [-0.39, 0.29) is 0 Å². The summed E-state index contributed by atoms with van der Waals surface area (Å²) in [6.45, 7) is 10.9. The van der Waals surface area contributed by atoms with Crippen molar-refractivity contribution in [3.63, 3.8) is 0 Å². The monoisotopic (exact) mass is 251 g/mol. The zero-order valence-electron chi connectivity index (χ0n) is 11.1. The predicted molar refractivity (Wildman–Crippen MR) is 73.6 cm³/mol. The lowest BCUT2D eigenvalue weighted by atomic mass is 9.90. The highest BCUT2D eigenvalue weighted by atomic mass is 32.1. The highest BCUT2D eigenvalue weighted by Crippen LogP contribution is 2.19. The van der Waals surface area contributed by atoms with Gasteiger partial charge in [-0.1, -0.05) is 20.8 Å². The quantitative estimate of drug-likeness (QED) is 0.884. The zero-order chi connectivity index (χ0) is 12.5. The predicted octanol–water partition coefficient (Wildman–Crippen LogP) is 3.23. The Morgan fingerprint density at radius 1 is 1.47 bits per heavy atom. The summed E-state index contributed by atoms with van der Waals surface area (Å²) in [5.41, 5.74) is 2.79. The fourth-order valence-electron chi connectivity index (χ4n) is 1.80. The molecular weight excluding hydrogens is 230 g/mol. The van der Waals surface area contributed by atoms with Crippen LogP contribution in [-0.2, 0) is 6.54 Å². The first kappa shape index (κ1) is 12.6. The summed E-state index contributed by atoms with van der Waals surface area (Å²) in [7, 11) is 0. The van der Waals surface area contributed by atoms with Crippen molar-refractivity contribution in [2.24, 2.45) is 5.41 Å². The second-order valence-electron chi connectivity index (χ2n) is 5.32. The molecule has 0 bridgehead atoms. The molecule has 3 nitrogen and oxygen atoms in total. The van der Waals surface area contributed by atoms with Gasteiger partial charge in [-0.15, -0.1) is 11.3 Å². The van der Waals surface area contributed by atoms with Crippen molar-refractivity contribution in [1.29, 1.82) is 0 Å². The number of nitrogens with one attached hydrogen (secondary N) is 1. The molecule has 0 aliphatic heterocycles. The number of rotatable bonds is 5. The van der Waals surface area contributed by atoms with Crippen LogP contribution in [0.3, 0.4) is 0 Å². The van der Waals surface area contributed by atoms with E-state index in [2.05, 4.69) is 54.0 Å². The molecular formula is C13H21N3S. The maximum Gasteiger partial charge on any atom is 0.194 e. The molecule has 2 rings (SSSR count). The van der Waals surface area contributed by atoms with Gasteiger partial charge in [0.1, 0.15) is 0 Å². The first-order valence-corrected chi connectivity index (χ1v) is 7.03. The third-order valence-corrected chi connectivity index (χ3v) is 4.17. The fraction of sp³-hybridized carbons (Fsp3) is 0.615. The van der Waals surface area contributed by atoms with E-state index >= 15 is 0 Å². The maximum atomic E-state index is 4.55. The van der Waals surface area contributed by atoms with Crippen LogP contribution in [0, 0.1) is 12.3 Å². The first-order valence-electron chi connectivity index (χ1n) is 6.15. The van der Waals surface area contributed by atoms with Gasteiger partial charge in [-0.2, -0.15) is 0 Å². The summed E-state index contributed by atoms with van der Waals surface area (Å²) in [4.78, 5) is 5.64. The molecule has 17 heavy (non-hydrogen) atoms. The number of aromatic nitrogens is 2. The average Bonchev–Trinajstić information content (AvgIpc) is 2.81. The zero-order valence-corrected chi connectivity index (χ0v) is 11.9. The van der Waals surface area contributed by atoms with Gasteiger partial charge in [-0.25, -0.2) is 4.98 Å². The van der Waals surface area contributed by atoms with E-state index in [1.165, 1.54) is 12.1 Å². The minimum absolute atomic E-state index is 0.367. The summed E-state index contributed by atoms with van der Waals surface area (Å²) in [6, 6.07) is 0.